The van der Waals surface area contributed by atoms with Crippen LogP contribution in [0.5, 0.6) is 0 Å². The molecule has 0 bridgehead atoms. The molecule has 0 aliphatic carbocycles. The Morgan fingerprint density at radius 1 is 1.19 bits per heavy atom. The van der Waals surface area contributed by atoms with Crippen molar-refractivity contribution in [3.05, 3.63) is 75.3 Å². The number of para-hydroxylation sites is 1. The number of carbonyl (C=O) groups excluding carboxylic acids is 1. The molecule has 1 amide bonds. The van der Waals surface area contributed by atoms with Crippen molar-refractivity contribution in [2.45, 2.75) is 6.92 Å². The Morgan fingerprint density at radius 2 is 1.86 bits per heavy atom. The Kier molecular flexibility index (Phi) is 4.40. The highest BCUT2D eigenvalue weighted by atomic mass is 16.6. The van der Waals surface area contributed by atoms with Gasteiger partial charge < -0.3 is 0 Å². The Bertz CT molecular complexity index is 694. The van der Waals surface area contributed by atoms with E-state index in [4.69, 9.17) is 0 Å². The number of nitrogens with zero attached hydrogens (tertiary/aromatic N) is 2. The number of hydrogen-bond donors (Lipinski definition) is 1. The van der Waals surface area contributed by atoms with Crippen molar-refractivity contribution >= 4 is 17.8 Å². The number of carbonyl (C=O) groups is 1. The minimum Gasteiger partial charge on any atom is -0.267 e. The lowest BCUT2D eigenvalue weighted by atomic mass is 10.1. The van der Waals surface area contributed by atoms with E-state index in [1.54, 1.807) is 30.3 Å². The lowest BCUT2D eigenvalue weighted by Gasteiger charge is -2.00. The average Bonchev–Trinajstić information content (AvgIpc) is 2.48. The number of nitro groups is 1. The molecule has 2 aromatic rings. The summed E-state index contributed by atoms with van der Waals surface area (Å²) in [6.07, 6.45) is 1.25. The highest BCUT2D eigenvalue weighted by molar-refractivity contribution is 5.95. The maximum atomic E-state index is 11.8. The number of aryl methyl sites for hydroxylation is 1. The molecule has 0 fully saturated rings. The second-order valence-corrected chi connectivity index (χ2v) is 4.38. The summed E-state index contributed by atoms with van der Waals surface area (Å²) in [7, 11) is 0. The zero-order chi connectivity index (χ0) is 15.2. The van der Waals surface area contributed by atoms with Gasteiger partial charge in [-0.05, 0) is 25.1 Å². The van der Waals surface area contributed by atoms with Crippen LogP contribution in [-0.2, 0) is 0 Å². The number of nitrogens with one attached hydrogen (secondary N) is 1. The van der Waals surface area contributed by atoms with Crippen LogP contribution < -0.4 is 5.43 Å². The van der Waals surface area contributed by atoms with Crippen LogP contribution in [-0.4, -0.2) is 17.0 Å². The Labute approximate surface area is 121 Å². The van der Waals surface area contributed by atoms with Crippen molar-refractivity contribution in [3.8, 4) is 0 Å². The molecular weight excluding hydrogens is 270 g/mol. The molecule has 0 aliphatic rings. The average molecular weight is 283 g/mol. The molecule has 106 valence electrons. The standard InChI is InChI=1S/C15H13N3O3/c1-11-6-8-12(9-7-11)15(19)17-16-10-13-4-2-3-5-14(13)18(20)21/h2-10H,1H3,(H,17,19). The highest BCUT2D eigenvalue weighted by Gasteiger charge is 2.10. The lowest BCUT2D eigenvalue weighted by molar-refractivity contribution is -0.385. The number of nitro benzene ring substituents is 1. The summed E-state index contributed by atoms with van der Waals surface area (Å²) in [5, 5.41) is 14.6. The van der Waals surface area contributed by atoms with Gasteiger partial charge in [0.1, 0.15) is 0 Å². The molecule has 0 spiro atoms. The predicted octanol–water partition coefficient (Wildman–Crippen LogP) is 2.67. The Hall–Kier alpha value is -3.02. The second kappa shape index (κ2) is 6.42. The van der Waals surface area contributed by atoms with Crippen molar-refractivity contribution < 1.29 is 9.72 Å². The largest absolute Gasteiger partial charge is 0.278 e. The number of hydrogen-bond acceptors (Lipinski definition) is 4. The van der Waals surface area contributed by atoms with Gasteiger partial charge in [0.15, 0.2) is 0 Å². The molecule has 6 nitrogen and oxygen atoms in total. The van der Waals surface area contributed by atoms with Crippen LogP contribution in [0, 0.1) is 17.0 Å². The first-order valence-electron chi connectivity index (χ1n) is 6.21. The van der Waals surface area contributed by atoms with E-state index in [0.29, 0.717) is 11.1 Å². The van der Waals surface area contributed by atoms with E-state index >= 15 is 0 Å². The minimum absolute atomic E-state index is 0.0640. The number of benzene rings is 2. The molecule has 0 aromatic heterocycles. The van der Waals surface area contributed by atoms with E-state index in [1.807, 2.05) is 19.1 Å². The van der Waals surface area contributed by atoms with Crippen LogP contribution in [0.3, 0.4) is 0 Å². The summed E-state index contributed by atoms with van der Waals surface area (Å²) in [5.41, 5.74) is 4.13. The third-order valence-electron chi connectivity index (χ3n) is 2.82. The molecule has 0 unspecified atom stereocenters. The van der Waals surface area contributed by atoms with Crippen molar-refractivity contribution in [2.75, 3.05) is 0 Å². The van der Waals surface area contributed by atoms with Gasteiger partial charge in [-0.2, -0.15) is 5.10 Å². The number of amides is 1. The van der Waals surface area contributed by atoms with E-state index in [-0.39, 0.29) is 11.6 Å². The quantitative estimate of drug-likeness (QED) is 0.532. The second-order valence-electron chi connectivity index (χ2n) is 4.38. The fourth-order valence-corrected chi connectivity index (χ4v) is 1.69. The molecular formula is C15H13N3O3. The first-order valence-corrected chi connectivity index (χ1v) is 6.21. The molecule has 0 heterocycles. The van der Waals surface area contributed by atoms with E-state index in [0.717, 1.165) is 5.56 Å². The molecule has 1 N–H and O–H groups in total. The SMILES string of the molecule is Cc1ccc(C(=O)NN=Cc2ccccc2[N+](=O)[O-])cc1. The molecule has 2 rings (SSSR count). The topological polar surface area (TPSA) is 84.6 Å². The van der Waals surface area contributed by atoms with Crippen molar-refractivity contribution in [3.63, 3.8) is 0 Å². The maximum Gasteiger partial charge on any atom is 0.278 e. The van der Waals surface area contributed by atoms with Gasteiger partial charge in [-0.1, -0.05) is 29.8 Å². The minimum atomic E-state index is -0.497. The molecule has 0 radical (unpaired) electrons. The summed E-state index contributed by atoms with van der Waals surface area (Å²) < 4.78 is 0. The zero-order valence-corrected chi connectivity index (χ0v) is 11.3. The van der Waals surface area contributed by atoms with Gasteiger partial charge in [0.2, 0.25) is 0 Å². The molecule has 6 heteroatoms. The third-order valence-corrected chi connectivity index (χ3v) is 2.82. The van der Waals surface area contributed by atoms with Crippen molar-refractivity contribution in [2.24, 2.45) is 5.10 Å². The summed E-state index contributed by atoms with van der Waals surface area (Å²) >= 11 is 0. The van der Waals surface area contributed by atoms with Crippen molar-refractivity contribution in [1.29, 1.82) is 0 Å². The van der Waals surface area contributed by atoms with Gasteiger partial charge in [-0.25, -0.2) is 5.43 Å². The maximum absolute atomic E-state index is 11.8. The molecule has 0 saturated carbocycles. The monoisotopic (exact) mass is 283 g/mol. The first kappa shape index (κ1) is 14.4. The summed E-state index contributed by atoms with van der Waals surface area (Å²) in [4.78, 5) is 22.1. The van der Waals surface area contributed by atoms with Crippen LogP contribution >= 0.6 is 0 Å². The van der Waals surface area contributed by atoms with Gasteiger partial charge >= 0.3 is 0 Å². The van der Waals surface area contributed by atoms with Crippen molar-refractivity contribution in [1.82, 2.24) is 5.43 Å². The fraction of sp³-hybridized carbons (Fsp3) is 0.0667. The lowest BCUT2D eigenvalue weighted by Crippen LogP contribution is -2.17. The molecule has 0 saturated heterocycles. The predicted molar refractivity (Wildman–Crippen MR) is 79.3 cm³/mol. The smallest absolute Gasteiger partial charge is 0.267 e. The normalized spacial score (nSPS) is 10.5. The van der Waals surface area contributed by atoms with E-state index in [9.17, 15) is 14.9 Å². The van der Waals surface area contributed by atoms with Crippen LogP contribution in [0.4, 0.5) is 5.69 Å². The van der Waals surface area contributed by atoms with Crippen LogP contribution in [0.25, 0.3) is 0 Å². The zero-order valence-electron chi connectivity index (χ0n) is 11.3. The van der Waals surface area contributed by atoms with Gasteiger partial charge in [0.05, 0.1) is 16.7 Å². The van der Waals surface area contributed by atoms with Crippen LogP contribution in [0.1, 0.15) is 21.5 Å². The number of hydrazone groups is 1. The van der Waals surface area contributed by atoms with Gasteiger partial charge in [0, 0.05) is 11.6 Å². The van der Waals surface area contributed by atoms with E-state index < -0.39 is 4.92 Å². The van der Waals surface area contributed by atoms with Gasteiger partial charge in [-0.15, -0.1) is 0 Å². The van der Waals surface area contributed by atoms with Gasteiger partial charge in [0.25, 0.3) is 11.6 Å². The third kappa shape index (κ3) is 3.73. The Morgan fingerprint density at radius 3 is 2.52 bits per heavy atom. The van der Waals surface area contributed by atoms with E-state index in [2.05, 4.69) is 10.5 Å². The van der Waals surface area contributed by atoms with Crippen LogP contribution in [0.2, 0.25) is 0 Å². The molecule has 2 aromatic carbocycles. The summed E-state index contributed by atoms with van der Waals surface area (Å²) in [6.45, 7) is 1.92. The molecule has 0 aliphatic heterocycles. The molecule has 0 atom stereocenters. The van der Waals surface area contributed by atoms with Gasteiger partial charge in [-0.3, -0.25) is 14.9 Å². The van der Waals surface area contributed by atoms with E-state index in [1.165, 1.54) is 12.3 Å². The highest BCUT2D eigenvalue weighted by Crippen LogP contribution is 2.15. The Balaban J connectivity index is 2.07. The molecule has 21 heavy (non-hydrogen) atoms. The fourth-order valence-electron chi connectivity index (χ4n) is 1.69. The summed E-state index contributed by atoms with van der Waals surface area (Å²) in [6, 6.07) is 13.2. The first-order chi connectivity index (χ1) is 10.1. The van der Waals surface area contributed by atoms with Crippen LogP contribution in [0.15, 0.2) is 53.6 Å². The summed E-state index contributed by atoms with van der Waals surface area (Å²) in [5.74, 6) is -0.371. The number of rotatable bonds is 4.